The van der Waals surface area contributed by atoms with Crippen molar-refractivity contribution in [2.24, 2.45) is 0 Å². The Balaban J connectivity index is 1.97. The van der Waals surface area contributed by atoms with Gasteiger partial charge in [-0.3, -0.25) is 19.8 Å². The van der Waals surface area contributed by atoms with Crippen LogP contribution in [0.25, 0.3) is 0 Å². The van der Waals surface area contributed by atoms with E-state index in [1.165, 1.54) is 7.05 Å². The first-order chi connectivity index (χ1) is 9.11. The fourth-order valence-electron chi connectivity index (χ4n) is 2.25. The van der Waals surface area contributed by atoms with E-state index in [1.807, 2.05) is 30.3 Å². The Kier molecular flexibility index (Phi) is 4.29. The number of imide groups is 1. The predicted octanol–water partition coefficient (Wildman–Crippen LogP) is -0.0631. The molecule has 1 aliphatic heterocycles. The number of carbonyl (C=O) groups is 2. The Hall–Kier alpha value is -1.72. The van der Waals surface area contributed by atoms with Gasteiger partial charge in [0.1, 0.15) is 0 Å². The molecule has 0 spiro atoms. The maximum Gasteiger partial charge on any atom is 0.246 e. The molecule has 0 bridgehead atoms. The van der Waals surface area contributed by atoms with Crippen molar-refractivity contribution in [2.75, 3.05) is 13.7 Å². The topological polar surface area (TPSA) is 69.6 Å². The van der Waals surface area contributed by atoms with Gasteiger partial charge in [0.15, 0.2) is 0 Å². The standard InChI is InChI=1S/C14H18N2O3/c1-16-13(18)8-12(14(16)19)15-11(9-17)7-10-5-3-2-4-6-10/h2-6,11-12,15,17H,7-9H2,1H3. The van der Waals surface area contributed by atoms with Crippen molar-refractivity contribution in [1.29, 1.82) is 0 Å². The largest absolute Gasteiger partial charge is 0.395 e. The van der Waals surface area contributed by atoms with Crippen LogP contribution in [0.4, 0.5) is 0 Å². The fraction of sp³-hybridized carbons (Fsp3) is 0.429. The van der Waals surface area contributed by atoms with Crippen LogP contribution < -0.4 is 5.32 Å². The second kappa shape index (κ2) is 5.95. The van der Waals surface area contributed by atoms with Gasteiger partial charge < -0.3 is 5.11 Å². The van der Waals surface area contributed by atoms with Crippen molar-refractivity contribution in [3.63, 3.8) is 0 Å². The molecule has 19 heavy (non-hydrogen) atoms. The van der Waals surface area contributed by atoms with Crippen LogP contribution in [0, 0.1) is 0 Å². The van der Waals surface area contributed by atoms with E-state index in [2.05, 4.69) is 5.32 Å². The van der Waals surface area contributed by atoms with Crippen LogP contribution in [0.5, 0.6) is 0 Å². The zero-order valence-corrected chi connectivity index (χ0v) is 10.9. The van der Waals surface area contributed by atoms with Gasteiger partial charge in [0.2, 0.25) is 11.8 Å². The first-order valence-electron chi connectivity index (χ1n) is 6.33. The molecule has 1 aromatic rings. The normalized spacial score (nSPS) is 20.9. The summed E-state index contributed by atoms with van der Waals surface area (Å²) in [4.78, 5) is 24.3. The molecule has 1 aliphatic rings. The second-order valence-corrected chi connectivity index (χ2v) is 4.78. The maximum atomic E-state index is 11.8. The first-order valence-corrected chi connectivity index (χ1v) is 6.33. The summed E-state index contributed by atoms with van der Waals surface area (Å²) in [6.45, 7) is -0.0728. The highest BCUT2D eigenvalue weighted by Gasteiger charge is 2.36. The van der Waals surface area contributed by atoms with Gasteiger partial charge in [0, 0.05) is 13.1 Å². The molecule has 1 aromatic carbocycles. The molecular formula is C14H18N2O3. The molecule has 2 amide bonds. The quantitative estimate of drug-likeness (QED) is 0.729. The Morgan fingerprint density at radius 2 is 2.05 bits per heavy atom. The molecule has 5 nitrogen and oxygen atoms in total. The Morgan fingerprint density at radius 1 is 1.37 bits per heavy atom. The first kappa shape index (κ1) is 13.7. The van der Waals surface area contributed by atoms with Gasteiger partial charge in [-0.25, -0.2) is 0 Å². The molecule has 2 rings (SSSR count). The lowest BCUT2D eigenvalue weighted by atomic mass is 10.1. The lowest BCUT2D eigenvalue weighted by Crippen LogP contribution is -2.45. The molecule has 0 aliphatic carbocycles. The van der Waals surface area contributed by atoms with Crippen molar-refractivity contribution in [1.82, 2.24) is 10.2 Å². The number of likely N-dealkylation sites (N-methyl/N-ethyl adjacent to an activating group) is 1. The van der Waals surface area contributed by atoms with Crippen molar-refractivity contribution in [3.8, 4) is 0 Å². The Labute approximate surface area is 112 Å². The highest BCUT2D eigenvalue weighted by molar-refractivity contribution is 6.05. The van der Waals surface area contributed by atoms with E-state index >= 15 is 0 Å². The number of aliphatic hydroxyl groups is 1. The number of hydrogen-bond acceptors (Lipinski definition) is 4. The minimum absolute atomic E-state index is 0.0728. The lowest BCUT2D eigenvalue weighted by Gasteiger charge is -2.19. The van der Waals surface area contributed by atoms with E-state index in [0.717, 1.165) is 10.5 Å². The predicted molar refractivity (Wildman–Crippen MR) is 70.3 cm³/mol. The molecule has 2 atom stereocenters. The van der Waals surface area contributed by atoms with E-state index in [9.17, 15) is 14.7 Å². The van der Waals surface area contributed by atoms with Crippen molar-refractivity contribution < 1.29 is 14.7 Å². The molecule has 1 heterocycles. The molecule has 1 fully saturated rings. The fourth-order valence-corrected chi connectivity index (χ4v) is 2.25. The average Bonchev–Trinajstić information content (AvgIpc) is 2.67. The van der Waals surface area contributed by atoms with Gasteiger partial charge >= 0.3 is 0 Å². The van der Waals surface area contributed by atoms with Gasteiger partial charge in [-0.15, -0.1) is 0 Å². The summed E-state index contributed by atoms with van der Waals surface area (Å²) in [5.41, 5.74) is 1.08. The van der Waals surface area contributed by atoms with E-state index in [0.29, 0.717) is 6.42 Å². The van der Waals surface area contributed by atoms with Gasteiger partial charge in [0.25, 0.3) is 0 Å². The zero-order chi connectivity index (χ0) is 13.8. The van der Waals surface area contributed by atoms with Gasteiger partial charge in [-0.2, -0.15) is 0 Å². The lowest BCUT2D eigenvalue weighted by molar-refractivity contribution is -0.137. The SMILES string of the molecule is CN1C(=O)CC(NC(CO)Cc2ccccc2)C1=O. The van der Waals surface area contributed by atoms with Crippen molar-refractivity contribution >= 4 is 11.8 Å². The van der Waals surface area contributed by atoms with Crippen molar-refractivity contribution in [2.45, 2.75) is 24.9 Å². The molecule has 0 saturated carbocycles. The van der Waals surface area contributed by atoms with Crippen LogP contribution in [0.15, 0.2) is 30.3 Å². The third kappa shape index (κ3) is 3.19. The van der Waals surface area contributed by atoms with E-state index in [1.54, 1.807) is 0 Å². The van der Waals surface area contributed by atoms with Crippen LogP contribution in [0.1, 0.15) is 12.0 Å². The molecule has 1 saturated heterocycles. The van der Waals surface area contributed by atoms with E-state index < -0.39 is 6.04 Å². The number of aliphatic hydroxyl groups excluding tert-OH is 1. The van der Waals surface area contributed by atoms with Crippen LogP contribution in [-0.2, 0) is 16.0 Å². The minimum Gasteiger partial charge on any atom is -0.395 e. The second-order valence-electron chi connectivity index (χ2n) is 4.78. The molecule has 2 unspecified atom stereocenters. The molecule has 2 N–H and O–H groups in total. The number of likely N-dealkylation sites (tertiary alicyclic amines) is 1. The van der Waals surface area contributed by atoms with E-state index in [-0.39, 0.29) is 30.9 Å². The summed E-state index contributed by atoms with van der Waals surface area (Å²) in [6.07, 6.45) is 0.791. The minimum atomic E-state index is -0.515. The Morgan fingerprint density at radius 3 is 2.58 bits per heavy atom. The molecule has 5 heteroatoms. The van der Waals surface area contributed by atoms with Crippen LogP contribution in [-0.4, -0.2) is 47.6 Å². The zero-order valence-electron chi connectivity index (χ0n) is 10.9. The van der Waals surface area contributed by atoms with E-state index in [4.69, 9.17) is 0 Å². The summed E-state index contributed by atoms with van der Waals surface area (Å²) in [6, 6.07) is 8.99. The summed E-state index contributed by atoms with van der Waals surface area (Å²) >= 11 is 0. The molecular weight excluding hydrogens is 244 g/mol. The number of hydrogen-bond donors (Lipinski definition) is 2. The number of nitrogens with zero attached hydrogens (tertiary/aromatic N) is 1. The number of amides is 2. The average molecular weight is 262 g/mol. The van der Waals surface area contributed by atoms with Crippen LogP contribution in [0.3, 0.4) is 0 Å². The molecule has 0 aromatic heterocycles. The third-order valence-electron chi connectivity index (χ3n) is 3.36. The van der Waals surface area contributed by atoms with Crippen LogP contribution in [0.2, 0.25) is 0 Å². The molecule has 102 valence electrons. The number of carbonyl (C=O) groups excluding carboxylic acids is 2. The summed E-state index contributed by atoms with van der Waals surface area (Å²) in [5, 5.41) is 12.5. The Bertz CT molecular complexity index is 461. The number of nitrogens with one attached hydrogen (secondary N) is 1. The highest BCUT2D eigenvalue weighted by Crippen LogP contribution is 2.12. The maximum absolute atomic E-state index is 11.8. The summed E-state index contributed by atoms with van der Waals surface area (Å²) in [5.74, 6) is -0.407. The monoisotopic (exact) mass is 262 g/mol. The summed E-state index contributed by atoms with van der Waals surface area (Å²) < 4.78 is 0. The van der Waals surface area contributed by atoms with Crippen LogP contribution >= 0.6 is 0 Å². The van der Waals surface area contributed by atoms with Gasteiger partial charge in [0.05, 0.1) is 19.1 Å². The third-order valence-corrected chi connectivity index (χ3v) is 3.36. The summed E-state index contributed by atoms with van der Waals surface area (Å²) in [7, 11) is 1.48. The smallest absolute Gasteiger partial charge is 0.246 e. The van der Waals surface area contributed by atoms with Gasteiger partial charge in [-0.05, 0) is 12.0 Å². The molecule has 0 radical (unpaired) electrons. The van der Waals surface area contributed by atoms with Crippen molar-refractivity contribution in [3.05, 3.63) is 35.9 Å². The number of benzene rings is 1. The van der Waals surface area contributed by atoms with Gasteiger partial charge in [-0.1, -0.05) is 30.3 Å². The number of rotatable bonds is 5. The highest BCUT2D eigenvalue weighted by atomic mass is 16.3.